The molecule has 1 atom stereocenters. The summed E-state index contributed by atoms with van der Waals surface area (Å²) in [5.41, 5.74) is 8.16. The summed E-state index contributed by atoms with van der Waals surface area (Å²) in [6.45, 7) is 2.27. The van der Waals surface area contributed by atoms with Gasteiger partial charge < -0.3 is 11.1 Å². The van der Waals surface area contributed by atoms with Crippen LogP contribution in [0.25, 0.3) is 0 Å². The minimum absolute atomic E-state index is 0.116. The molecular weight excluding hydrogens is 186 g/mol. The number of aromatic nitrogens is 1. The van der Waals surface area contributed by atoms with Crippen LogP contribution in [-0.2, 0) is 11.2 Å². The second-order valence-corrected chi connectivity index (χ2v) is 3.53. The number of carbonyl (C=O) groups is 1. The van der Waals surface area contributed by atoms with Crippen LogP contribution >= 0.6 is 11.3 Å². The van der Waals surface area contributed by atoms with E-state index in [4.69, 9.17) is 5.73 Å². The molecule has 0 aliphatic carbocycles. The van der Waals surface area contributed by atoms with Gasteiger partial charge in [-0.05, 0) is 6.92 Å². The highest BCUT2D eigenvalue weighted by molar-refractivity contribution is 7.07. The molecular formula is C8H13N3OS. The molecule has 4 nitrogen and oxygen atoms in total. The lowest BCUT2D eigenvalue weighted by Crippen LogP contribution is -2.39. The van der Waals surface area contributed by atoms with E-state index in [-0.39, 0.29) is 5.91 Å². The first-order chi connectivity index (χ1) is 6.20. The second-order valence-electron chi connectivity index (χ2n) is 2.81. The van der Waals surface area contributed by atoms with Gasteiger partial charge in [-0.1, -0.05) is 0 Å². The summed E-state index contributed by atoms with van der Waals surface area (Å²) in [7, 11) is 0. The highest BCUT2D eigenvalue weighted by Crippen LogP contribution is 2.00. The summed E-state index contributed by atoms with van der Waals surface area (Å²) >= 11 is 1.56. The molecule has 1 aromatic rings. The third-order valence-corrected chi connectivity index (χ3v) is 2.21. The van der Waals surface area contributed by atoms with Gasteiger partial charge in [0.1, 0.15) is 0 Å². The number of nitrogens with two attached hydrogens (primary N) is 1. The Morgan fingerprint density at radius 3 is 3.15 bits per heavy atom. The molecule has 0 aliphatic heterocycles. The lowest BCUT2D eigenvalue weighted by molar-refractivity contribution is -0.121. The molecule has 0 spiro atoms. The molecule has 5 heteroatoms. The highest BCUT2D eigenvalue weighted by Gasteiger charge is 2.05. The molecule has 0 aliphatic rings. The van der Waals surface area contributed by atoms with Gasteiger partial charge in [0.25, 0.3) is 0 Å². The van der Waals surface area contributed by atoms with Crippen molar-refractivity contribution in [3.63, 3.8) is 0 Å². The zero-order valence-corrected chi connectivity index (χ0v) is 8.30. The van der Waals surface area contributed by atoms with Crippen molar-refractivity contribution >= 4 is 17.2 Å². The van der Waals surface area contributed by atoms with Crippen molar-refractivity contribution in [1.82, 2.24) is 10.3 Å². The quantitative estimate of drug-likeness (QED) is 0.725. The third kappa shape index (κ3) is 3.52. The topological polar surface area (TPSA) is 68.0 Å². The largest absolute Gasteiger partial charge is 0.354 e. The van der Waals surface area contributed by atoms with E-state index in [1.54, 1.807) is 23.8 Å². The van der Waals surface area contributed by atoms with E-state index in [9.17, 15) is 4.79 Å². The van der Waals surface area contributed by atoms with Gasteiger partial charge in [0.05, 0.1) is 17.2 Å². The van der Waals surface area contributed by atoms with Crippen LogP contribution in [-0.4, -0.2) is 23.5 Å². The first kappa shape index (κ1) is 10.1. The fourth-order valence-electron chi connectivity index (χ4n) is 0.836. The lowest BCUT2D eigenvalue weighted by atomic mass is 10.3. The Bertz CT molecular complexity index is 258. The Kier molecular flexibility index (Phi) is 3.85. The zero-order chi connectivity index (χ0) is 9.68. The maximum Gasteiger partial charge on any atom is 0.236 e. The van der Waals surface area contributed by atoms with Crippen LogP contribution in [0.15, 0.2) is 10.9 Å². The van der Waals surface area contributed by atoms with Gasteiger partial charge in [-0.2, -0.15) is 0 Å². The molecule has 0 aromatic carbocycles. The van der Waals surface area contributed by atoms with Crippen LogP contribution in [0, 0.1) is 0 Å². The molecule has 0 saturated heterocycles. The van der Waals surface area contributed by atoms with Crippen molar-refractivity contribution in [1.29, 1.82) is 0 Å². The fourth-order valence-corrected chi connectivity index (χ4v) is 1.43. The van der Waals surface area contributed by atoms with Crippen molar-refractivity contribution in [2.45, 2.75) is 19.4 Å². The number of rotatable bonds is 4. The molecule has 3 N–H and O–H groups in total. The van der Waals surface area contributed by atoms with Crippen LogP contribution in [0.2, 0.25) is 0 Å². The molecule has 0 fully saturated rings. The SMILES string of the molecule is CC(N)C(=O)NCCc1cscn1. The van der Waals surface area contributed by atoms with Gasteiger partial charge in [0, 0.05) is 18.3 Å². The molecule has 1 aromatic heterocycles. The van der Waals surface area contributed by atoms with E-state index in [1.165, 1.54) is 0 Å². The maximum absolute atomic E-state index is 11.0. The minimum atomic E-state index is -0.435. The third-order valence-electron chi connectivity index (χ3n) is 1.58. The van der Waals surface area contributed by atoms with Gasteiger partial charge in [-0.25, -0.2) is 4.98 Å². The van der Waals surface area contributed by atoms with Gasteiger partial charge >= 0.3 is 0 Å². The molecule has 1 amide bonds. The van der Waals surface area contributed by atoms with Crippen molar-refractivity contribution in [3.05, 3.63) is 16.6 Å². The monoisotopic (exact) mass is 199 g/mol. The normalized spacial score (nSPS) is 12.5. The molecule has 0 bridgehead atoms. The number of thiazole rings is 1. The Labute approximate surface area is 81.2 Å². The smallest absolute Gasteiger partial charge is 0.236 e. The Morgan fingerprint density at radius 2 is 2.62 bits per heavy atom. The number of carbonyl (C=O) groups excluding carboxylic acids is 1. The van der Waals surface area contributed by atoms with Gasteiger partial charge in [0.15, 0.2) is 0 Å². The second kappa shape index (κ2) is 4.94. The summed E-state index contributed by atoms with van der Waals surface area (Å²) in [6, 6.07) is -0.435. The number of hydrogen-bond donors (Lipinski definition) is 2. The van der Waals surface area contributed by atoms with E-state index in [1.807, 2.05) is 5.38 Å². The van der Waals surface area contributed by atoms with Crippen molar-refractivity contribution in [2.24, 2.45) is 5.73 Å². The summed E-state index contributed by atoms with van der Waals surface area (Å²) in [6.07, 6.45) is 0.766. The zero-order valence-electron chi connectivity index (χ0n) is 7.49. The lowest BCUT2D eigenvalue weighted by Gasteiger charge is -2.05. The molecule has 0 saturated carbocycles. The van der Waals surface area contributed by atoms with E-state index in [2.05, 4.69) is 10.3 Å². The summed E-state index contributed by atoms with van der Waals surface area (Å²) in [5, 5.41) is 4.69. The van der Waals surface area contributed by atoms with Crippen molar-refractivity contribution < 1.29 is 4.79 Å². The van der Waals surface area contributed by atoms with Crippen LogP contribution in [0.1, 0.15) is 12.6 Å². The Hall–Kier alpha value is -0.940. The van der Waals surface area contributed by atoms with Gasteiger partial charge in [-0.3, -0.25) is 4.79 Å². The van der Waals surface area contributed by atoms with E-state index in [0.29, 0.717) is 6.54 Å². The van der Waals surface area contributed by atoms with Gasteiger partial charge in [-0.15, -0.1) is 11.3 Å². The van der Waals surface area contributed by atoms with E-state index < -0.39 is 6.04 Å². The van der Waals surface area contributed by atoms with E-state index in [0.717, 1.165) is 12.1 Å². The average Bonchev–Trinajstić information content (AvgIpc) is 2.56. The summed E-state index contributed by atoms with van der Waals surface area (Å²) in [4.78, 5) is 15.1. The molecule has 13 heavy (non-hydrogen) atoms. The maximum atomic E-state index is 11.0. The average molecular weight is 199 g/mol. The first-order valence-corrected chi connectivity index (χ1v) is 5.05. The number of nitrogens with one attached hydrogen (secondary N) is 1. The van der Waals surface area contributed by atoms with Crippen molar-refractivity contribution in [3.8, 4) is 0 Å². The fraction of sp³-hybridized carbons (Fsp3) is 0.500. The summed E-state index contributed by atoms with van der Waals surface area (Å²) < 4.78 is 0. The molecule has 72 valence electrons. The van der Waals surface area contributed by atoms with Gasteiger partial charge in [0.2, 0.25) is 5.91 Å². The minimum Gasteiger partial charge on any atom is -0.354 e. The van der Waals surface area contributed by atoms with E-state index >= 15 is 0 Å². The number of hydrogen-bond acceptors (Lipinski definition) is 4. The molecule has 0 radical (unpaired) electrons. The first-order valence-electron chi connectivity index (χ1n) is 4.10. The van der Waals surface area contributed by atoms with Crippen LogP contribution in [0.5, 0.6) is 0 Å². The number of nitrogens with zero attached hydrogens (tertiary/aromatic N) is 1. The summed E-state index contributed by atoms with van der Waals surface area (Å²) in [5.74, 6) is -0.116. The Morgan fingerprint density at radius 1 is 1.85 bits per heavy atom. The highest BCUT2D eigenvalue weighted by atomic mass is 32.1. The predicted molar refractivity (Wildman–Crippen MR) is 52.5 cm³/mol. The molecule has 1 rings (SSSR count). The number of amides is 1. The van der Waals surface area contributed by atoms with Crippen LogP contribution in [0.4, 0.5) is 0 Å². The van der Waals surface area contributed by atoms with Crippen LogP contribution in [0.3, 0.4) is 0 Å². The molecule has 1 heterocycles. The standard InChI is InChI=1S/C8H13N3OS/c1-6(9)8(12)10-3-2-7-4-13-5-11-7/h4-6H,2-3,9H2,1H3,(H,10,12). The predicted octanol–water partition coefficient (Wildman–Crippen LogP) is 0.149. The Balaban J connectivity index is 2.18. The van der Waals surface area contributed by atoms with Crippen molar-refractivity contribution in [2.75, 3.05) is 6.54 Å². The van der Waals surface area contributed by atoms with Crippen LogP contribution < -0.4 is 11.1 Å². The molecule has 1 unspecified atom stereocenters.